The van der Waals surface area contributed by atoms with Crippen molar-refractivity contribution in [3.8, 4) is 0 Å². The number of aromatic nitrogens is 4. The summed E-state index contributed by atoms with van der Waals surface area (Å²) in [6, 6.07) is 8.13. The number of hydrogen-bond acceptors (Lipinski definition) is 7. The van der Waals surface area contributed by atoms with Gasteiger partial charge in [-0.2, -0.15) is 0 Å². The number of rotatable bonds is 5. The topological polar surface area (TPSA) is 125 Å². The van der Waals surface area contributed by atoms with E-state index in [-0.39, 0.29) is 20.9 Å². The van der Waals surface area contributed by atoms with Gasteiger partial charge in [-0.05, 0) is 0 Å². The number of nitrogens with zero attached hydrogens (tertiary/aromatic N) is 4. The molecule has 1 aromatic carbocycles. The summed E-state index contributed by atoms with van der Waals surface area (Å²) in [4.78, 5) is 23.9. The number of carbonyl (C=O) groups excluding carboxylic acids is 1. The Kier molecular flexibility index (Phi) is 6.02. The van der Waals surface area contributed by atoms with Gasteiger partial charge in [-0.25, -0.2) is 0 Å². The Morgan fingerprint density at radius 1 is 1.28 bits per heavy atom. The van der Waals surface area contributed by atoms with Crippen LogP contribution in [0.3, 0.4) is 0 Å². The molecule has 0 spiro atoms. The summed E-state index contributed by atoms with van der Waals surface area (Å²) in [6.45, 7) is 0.565. The molecule has 1 aliphatic rings. The van der Waals surface area contributed by atoms with E-state index in [1.54, 1.807) is 10.9 Å². The van der Waals surface area contributed by atoms with Crippen LogP contribution < -0.4 is 10.6 Å². The number of nitrogens with one attached hydrogen (secondary N) is 2. The van der Waals surface area contributed by atoms with Crippen molar-refractivity contribution in [2.45, 2.75) is 28.5 Å². The monoisotopic (exact) mass is 574 g/mol. The number of fused-ring (bicyclic) bond motifs is 1. The number of benzene rings is 1. The van der Waals surface area contributed by atoms with Crippen LogP contribution in [0.15, 0.2) is 36.9 Å². The average Bonchev–Trinajstić information content (AvgIpc) is 3.28. The van der Waals surface area contributed by atoms with Gasteiger partial charge in [-0.1, -0.05) is 0 Å². The molecule has 4 rings (SSSR count). The molecule has 152 valence electrons. The van der Waals surface area contributed by atoms with Gasteiger partial charge >= 0.3 is 187 Å². The van der Waals surface area contributed by atoms with Crippen molar-refractivity contribution in [2.24, 2.45) is 0 Å². The summed E-state index contributed by atoms with van der Waals surface area (Å²) in [7, 11) is 1.53. The first-order chi connectivity index (χ1) is 14.0. The maximum atomic E-state index is 12.1. The molecule has 0 unspecified atom stereocenters. The van der Waals surface area contributed by atoms with Gasteiger partial charge < -0.3 is 0 Å². The van der Waals surface area contributed by atoms with Gasteiger partial charge in [0.15, 0.2) is 0 Å². The van der Waals surface area contributed by atoms with E-state index in [0.717, 1.165) is 9.13 Å². The second kappa shape index (κ2) is 8.52. The Morgan fingerprint density at radius 2 is 2.10 bits per heavy atom. The van der Waals surface area contributed by atoms with Gasteiger partial charge in [0, 0.05) is 0 Å². The predicted octanol–water partition coefficient (Wildman–Crippen LogP) is 0.516. The van der Waals surface area contributed by atoms with E-state index >= 15 is 0 Å². The van der Waals surface area contributed by atoms with Crippen LogP contribution in [0.2, 0.25) is 4.82 Å². The molecule has 1 fully saturated rings. The summed E-state index contributed by atoms with van der Waals surface area (Å²) in [5, 5.41) is 26.9. The first kappa shape index (κ1) is 20.5. The minimum atomic E-state index is -1.12. The van der Waals surface area contributed by atoms with Crippen LogP contribution in [0, 0.1) is 3.57 Å². The van der Waals surface area contributed by atoms with Crippen molar-refractivity contribution in [3.05, 3.63) is 46.1 Å². The van der Waals surface area contributed by atoms with E-state index in [0.29, 0.717) is 23.5 Å². The molecule has 9 nitrogen and oxygen atoms in total. The summed E-state index contributed by atoms with van der Waals surface area (Å²) in [5.74, 6) is 0.323. The summed E-state index contributed by atoms with van der Waals surface area (Å²) >= 11 is 1.89. The SMILES string of the molecule is CNC(=O)[C@H]1[Se][C@@H](n2cnc3ncnc(NCc4cccc(I)c4)c32)[C@H](O)[C@@H]1O. The molecule has 1 saturated heterocycles. The maximum absolute atomic E-state index is 12.1. The normalized spacial score (nSPS) is 24.0. The van der Waals surface area contributed by atoms with Gasteiger partial charge in [-0.3, -0.25) is 0 Å². The molecule has 4 N–H and O–H groups in total. The van der Waals surface area contributed by atoms with Gasteiger partial charge in [0.1, 0.15) is 0 Å². The van der Waals surface area contributed by atoms with Crippen LogP contribution >= 0.6 is 22.6 Å². The van der Waals surface area contributed by atoms with Crippen molar-refractivity contribution in [1.82, 2.24) is 24.8 Å². The molecule has 3 heterocycles. The van der Waals surface area contributed by atoms with Crippen molar-refractivity contribution >= 4 is 60.4 Å². The molecule has 1 aliphatic heterocycles. The summed E-state index contributed by atoms with van der Waals surface area (Å²) in [5.41, 5.74) is 2.25. The molecular weight excluding hydrogens is 554 g/mol. The quantitative estimate of drug-likeness (QED) is 0.259. The molecule has 2 aromatic heterocycles. The first-order valence-corrected chi connectivity index (χ1v) is 11.9. The predicted molar refractivity (Wildman–Crippen MR) is 116 cm³/mol. The number of halogens is 1. The average molecular weight is 573 g/mol. The zero-order valence-electron chi connectivity index (χ0n) is 15.4. The number of anilines is 1. The summed E-state index contributed by atoms with van der Waals surface area (Å²) < 4.78 is 2.93. The number of imidazole rings is 1. The summed E-state index contributed by atoms with van der Waals surface area (Å²) in [6.07, 6.45) is 0.836. The van der Waals surface area contributed by atoms with E-state index < -0.39 is 22.0 Å². The Labute approximate surface area is 186 Å². The Hall–Kier alpha value is -1.79. The molecule has 0 radical (unpaired) electrons. The van der Waals surface area contributed by atoms with Gasteiger partial charge in [0.2, 0.25) is 0 Å². The fourth-order valence-electron chi connectivity index (χ4n) is 3.28. The van der Waals surface area contributed by atoms with Gasteiger partial charge in [0.25, 0.3) is 0 Å². The van der Waals surface area contributed by atoms with Crippen molar-refractivity contribution in [2.75, 3.05) is 12.4 Å². The van der Waals surface area contributed by atoms with Crippen LogP contribution in [0.5, 0.6) is 0 Å². The third-order valence-electron chi connectivity index (χ3n) is 4.73. The second-order valence-electron chi connectivity index (χ2n) is 6.57. The standard InChI is InChI=1S/C18H19IN6O3Se/c1-20-17(28)14-12(26)13(27)18(29-14)25-8-24-16-11(25)15(22-7-23-16)21-6-9-3-2-4-10(19)5-9/h2-5,7-8,12-14,18,26-27H,6H2,1H3,(H,20,28)(H,21,22,23)/t12-,13+,14-,18+/m0/s1. The van der Waals surface area contributed by atoms with E-state index in [2.05, 4.69) is 54.2 Å². The fourth-order valence-corrected chi connectivity index (χ4v) is 6.99. The van der Waals surface area contributed by atoms with Crippen molar-refractivity contribution < 1.29 is 15.0 Å². The molecule has 0 bridgehead atoms. The second-order valence-corrected chi connectivity index (χ2v) is 10.5. The van der Waals surface area contributed by atoms with Crippen LogP contribution in [0.25, 0.3) is 11.2 Å². The molecule has 4 atom stereocenters. The van der Waals surface area contributed by atoms with Gasteiger partial charge in [0.05, 0.1) is 0 Å². The third-order valence-corrected chi connectivity index (χ3v) is 8.70. The zero-order valence-corrected chi connectivity index (χ0v) is 19.2. The van der Waals surface area contributed by atoms with Crippen LogP contribution in [-0.2, 0) is 11.3 Å². The molecule has 0 aliphatic carbocycles. The van der Waals surface area contributed by atoms with E-state index in [1.807, 2.05) is 18.2 Å². The van der Waals surface area contributed by atoms with E-state index in [1.165, 1.54) is 13.4 Å². The number of amides is 1. The van der Waals surface area contributed by atoms with Crippen LogP contribution in [0.1, 0.15) is 10.5 Å². The molecule has 3 aromatic rings. The Balaban J connectivity index is 1.65. The van der Waals surface area contributed by atoms with Crippen LogP contribution in [0.4, 0.5) is 5.82 Å². The number of hydrogen-bond donors (Lipinski definition) is 4. The Morgan fingerprint density at radius 3 is 2.86 bits per heavy atom. The molecular formula is C18H19IN6O3Se. The van der Waals surface area contributed by atoms with E-state index in [9.17, 15) is 15.0 Å². The Bertz CT molecular complexity index is 1050. The number of aliphatic hydroxyl groups is 2. The van der Waals surface area contributed by atoms with Crippen LogP contribution in [-0.4, -0.2) is 69.9 Å². The minimum absolute atomic E-state index is 0.267. The zero-order chi connectivity index (χ0) is 20.5. The number of aliphatic hydroxyl groups excluding tert-OH is 2. The molecule has 0 saturated carbocycles. The van der Waals surface area contributed by atoms with Crippen molar-refractivity contribution in [1.29, 1.82) is 0 Å². The van der Waals surface area contributed by atoms with Gasteiger partial charge in [-0.15, -0.1) is 0 Å². The number of carbonyl (C=O) groups is 1. The molecule has 29 heavy (non-hydrogen) atoms. The van der Waals surface area contributed by atoms with E-state index in [4.69, 9.17) is 0 Å². The van der Waals surface area contributed by atoms with Crippen molar-refractivity contribution in [3.63, 3.8) is 0 Å². The third kappa shape index (κ3) is 3.97. The molecule has 11 heteroatoms. The first-order valence-electron chi connectivity index (χ1n) is 8.88. The molecule has 1 amide bonds. The fraction of sp³-hybridized carbons (Fsp3) is 0.333.